The van der Waals surface area contributed by atoms with Crippen LogP contribution in [-0.4, -0.2) is 15.3 Å². The third-order valence-corrected chi connectivity index (χ3v) is 2.52. The largest absolute Gasteiger partial charge is 0.340 e. The van der Waals surface area contributed by atoms with Crippen LogP contribution in [0.3, 0.4) is 0 Å². The molecular formula is C11H14N2O. The standard InChI is InChI=1S/C11H14N2O/c1-13-7-10(12-8-13)11(14)9-5-3-2-4-6-9/h5,7-8H,2-4,6H2,1H3. The van der Waals surface area contributed by atoms with Crippen LogP contribution in [0.15, 0.2) is 24.2 Å². The molecule has 0 N–H and O–H groups in total. The number of ketones is 1. The highest BCUT2D eigenvalue weighted by Gasteiger charge is 2.15. The van der Waals surface area contributed by atoms with Crippen LogP contribution < -0.4 is 0 Å². The first-order valence-electron chi connectivity index (χ1n) is 4.99. The van der Waals surface area contributed by atoms with E-state index in [1.165, 1.54) is 6.42 Å². The van der Waals surface area contributed by atoms with E-state index >= 15 is 0 Å². The lowest BCUT2D eigenvalue weighted by Crippen LogP contribution is -2.06. The van der Waals surface area contributed by atoms with Gasteiger partial charge < -0.3 is 4.57 Å². The van der Waals surface area contributed by atoms with Gasteiger partial charge in [0.05, 0.1) is 6.33 Å². The molecule has 0 atom stereocenters. The Labute approximate surface area is 83.5 Å². The molecule has 0 unspecified atom stereocenters. The van der Waals surface area contributed by atoms with Crippen molar-refractivity contribution < 1.29 is 4.79 Å². The molecule has 1 heterocycles. The molecule has 74 valence electrons. The van der Waals surface area contributed by atoms with Gasteiger partial charge in [-0.15, -0.1) is 0 Å². The zero-order valence-corrected chi connectivity index (χ0v) is 8.36. The van der Waals surface area contributed by atoms with Gasteiger partial charge in [0.2, 0.25) is 5.78 Å². The topological polar surface area (TPSA) is 34.9 Å². The van der Waals surface area contributed by atoms with Gasteiger partial charge in [-0.3, -0.25) is 4.79 Å². The van der Waals surface area contributed by atoms with E-state index < -0.39 is 0 Å². The van der Waals surface area contributed by atoms with E-state index in [4.69, 9.17) is 0 Å². The second-order valence-electron chi connectivity index (χ2n) is 3.73. The molecule has 1 aromatic rings. The Kier molecular flexibility index (Phi) is 2.48. The number of aryl methyl sites for hydroxylation is 1. The molecule has 3 heteroatoms. The number of Topliss-reactive ketones (excluding diaryl/α,β-unsaturated/α-hetero) is 1. The van der Waals surface area contributed by atoms with Crippen molar-refractivity contribution in [3.63, 3.8) is 0 Å². The molecule has 0 fully saturated rings. The van der Waals surface area contributed by atoms with Crippen molar-refractivity contribution >= 4 is 5.78 Å². The fraction of sp³-hybridized carbons (Fsp3) is 0.455. The summed E-state index contributed by atoms with van der Waals surface area (Å²) >= 11 is 0. The van der Waals surface area contributed by atoms with E-state index in [1.54, 1.807) is 17.1 Å². The van der Waals surface area contributed by atoms with Crippen LogP contribution in [0, 0.1) is 0 Å². The van der Waals surface area contributed by atoms with Gasteiger partial charge in [-0.25, -0.2) is 4.98 Å². The summed E-state index contributed by atoms with van der Waals surface area (Å²) in [6.07, 6.45) is 9.78. The number of aromatic nitrogens is 2. The minimum Gasteiger partial charge on any atom is -0.340 e. The van der Waals surface area contributed by atoms with Gasteiger partial charge in [0, 0.05) is 13.2 Å². The molecule has 3 nitrogen and oxygen atoms in total. The quantitative estimate of drug-likeness (QED) is 0.669. The molecule has 1 aliphatic rings. The van der Waals surface area contributed by atoms with Crippen LogP contribution in [-0.2, 0) is 7.05 Å². The molecule has 0 amide bonds. The number of carbonyl (C=O) groups is 1. The Hall–Kier alpha value is -1.38. The van der Waals surface area contributed by atoms with Crippen LogP contribution in [0.1, 0.15) is 36.2 Å². The first-order chi connectivity index (χ1) is 6.77. The summed E-state index contributed by atoms with van der Waals surface area (Å²) in [5.41, 5.74) is 1.51. The van der Waals surface area contributed by atoms with Gasteiger partial charge >= 0.3 is 0 Å². The zero-order chi connectivity index (χ0) is 9.97. The fourth-order valence-electron chi connectivity index (χ4n) is 1.74. The maximum absolute atomic E-state index is 11.9. The highest BCUT2D eigenvalue weighted by molar-refractivity contribution is 6.07. The molecule has 0 saturated carbocycles. The van der Waals surface area contributed by atoms with E-state index in [0.29, 0.717) is 5.69 Å². The summed E-state index contributed by atoms with van der Waals surface area (Å²) in [7, 11) is 1.87. The molecule has 1 aromatic heterocycles. The van der Waals surface area contributed by atoms with Gasteiger partial charge in [-0.05, 0) is 31.3 Å². The second-order valence-corrected chi connectivity index (χ2v) is 3.73. The van der Waals surface area contributed by atoms with E-state index in [0.717, 1.165) is 24.8 Å². The van der Waals surface area contributed by atoms with Gasteiger partial charge in [0.25, 0.3) is 0 Å². The lowest BCUT2D eigenvalue weighted by molar-refractivity contribution is 0.102. The molecule has 0 radical (unpaired) electrons. The van der Waals surface area contributed by atoms with E-state index in [9.17, 15) is 4.79 Å². The maximum Gasteiger partial charge on any atom is 0.208 e. The van der Waals surface area contributed by atoms with Crippen LogP contribution in [0.25, 0.3) is 0 Å². The summed E-state index contributed by atoms with van der Waals surface area (Å²) in [4.78, 5) is 15.9. The highest BCUT2D eigenvalue weighted by Crippen LogP contribution is 2.20. The van der Waals surface area contributed by atoms with Crippen LogP contribution in [0.2, 0.25) is 0 Å². The smallest absolute Gasteiger partial charge is 0.208 e. The molecule has 0 aliphatic heterocycles. The Balaban J connectivity index is 2.19. The summed E-state index contributed by atoms with van der Waals surface area (Å²) in [5, 5.41) is 0. The monoisotopic (exact) mass is 190 g/mol. The minimum absolute atomic E-state index is 0.102. The number of imidazole rings is 1. The van der Waals surface area contributed by atoms with Crippen molar-refractivity contribution in [2.24, 2.45) is 7.05 Å². The average molecular weight is 190 g/mol. The summed E-state index contributed by atoms with van der Waals surface area (Å²) in [5.74, 6) is 0.102. The van der Waals surface area contributed by atoms with Crippen LogP contribution in [0.5, 0.6) is 0 Å². The van der Waals surface area contributed by atoms with Crippen LogP contribution >= 0.6 is 0 Å². The van der Waals surface area contributed by atoms with Crippen molar-refractivity contribution in [2.75, 3.05) is 0 Å². The summed E-state index contributed by atoms with van der Waals surface area (Å²) < 4.78 is 1.80. The van der Waals surface area contributed by atoms with E-state index in [2.05, 4.69) is 11.1 Å². The van der Waals surface area contributed by atoms with Crippen molar-refractivity contribution in [3.8, 4) is 0 Å². The first kappa shape index (κ1) is 9.19. The third-order valence-electron chi connectivity index (χ3n) is 2.52. The highest BCUT2D eigenvalue weighted by atomic mass is 16.1. The van der Waals surface area contributed by atoms with E-state index in [1.807, 2.05) is 7.05 Å². The van der Waals surface area contributed by atoms with Crippen molar-refractivity contribution in [1.29, 1.82) is 0 Å². The first-order valence-corrected chi connectivity index (χ1v) is 4.99. The minimum atomic E-state index is 0.102. The van der Waals surface area contributed by atoms with E-state index in [-0.39, 0.29) is 5.78 Å². The van der Waals surface area contributed by atoms with Crippen molar-refractivity contribution in [2.45, 2.75) is 25.7 Å². The van der Waals surface area contributed by atoms with Gasteiger partial charge in [-0.1, -0.05) is 6.08 Å². The summed E-state index contributed by atoms with van der Waals surface area (Å²) in [6, 6.07) is 0. The average Bonchev–Trinajstić information content (AvgIpc) is 2.65. The maximum atomic E-state index is 11.9. The van der Waals surface area contributed by atoms with Crippen LogP contribution in [0.4, 0.5) is 0 Å². The molecule has 0 aromatic carbocycles. The number of hydrogen-bond acceptors (Lipinski definition) is 2. The van der Waals surface area contributed by atoms with Crippen molar-refractivity contribution in [1.82, 2.24) is 9.55 Å². The van der Waals surface area contributed by atoms with Gasteiger partial charge in [0.15, 0.2) is 0 Å². The fourth-order valence-corrected chi connectivity index (χ4v) is 1.74. The second kappa shape index (κ2) is 3.78. The zero-order valence-electron chi connectivity index (χ0n) is 8.36. The molecule has 14 heavy (non-hydrogen) atoms. The Morgan fingerprint density at radius 3 is 2.93 bits per heavy atom. The number of nitrogens with zero attached hydrogens (tertiary/aromatic N) is 2. The predicted octanol–water partition coefficient (Wildman–Crippen LogP) is 2.10. The molecular weight excluding hydrogens is 176 g/mol. The molecule has 1 aliphatic carbocycles. The molecule has 0 spiro atoms. The number of rotatable bonds is 2. The predicted molar refractivity (Wildman–Crippen MR) is 54.1 cm³/mol. The SMILES string of the molecule is Cn1cnc(C(=O)C2=CCCCC2)c1. The van der Waals surface area contributed by atoms with Gasteiger partial charge in [0.1, 0.15) is 5.69 Å². The third kappa shape index (κ3) is 1.76. The lowest BCUT2D eigenvalue weighted by atomic mass is 9.95. The number of hydrogen-bond donors (Lipinski definition) is 0. The molecule has 0 saturated heterocycles. The Bertz CT molecular complexity index is 376. The normalized spacial score (nSPS) is 16.5. The lowest BCUT2D eigenvalue weighted by Gasteiger charge is -2.09. The van der Waals surface area contributed by atoms with Crippen molar-refractivity contribution in [3.05, 3.63) is 29.9 Å². The number of allylic oxidation sites excluding steroid dienone is 2. The molecule has 0 bridgehead atoms. The Morgan fingerprint density at radius 1 is 1.50 bits per heavy atom. The number of carbonyl (C=O) groups excluding carboxylic acids is 1. The summed E-state index contributed by atoms with van der Waals surface area (Å²) in [6.45, 7) is 0. The molecule has 2 rings (SSSR count). The van der Waals surface area contributed by atoms with Gasteiger partial charge in [-0.2, -0.15) is 0 Å². The Morgan fingerprint density at radius 2 is 2.36 bits per heavy atom.